The van der Waals surface area contributed by atoms with Crippen molar-refractivity contribution in [2.24, 2.45) is 0 Å². The second kappa shape index (κ2) is 4.27. The molecule has 7 nitrogen and oxygen atoms in total. The van der Waals surface area contributed by atoms with Crippen molar-refractivity contribution in [3.05, 3.63) is 50.2 Å². The van der Waals surface area contributed by atoms with Gasteiger partial charge in [0.2, 0.25) is 5.82 Å². The van der Waals surface area contributed by atoms with Crippen molar-refractivity contribution >= 4 is 11.5 Å². The number of aromatic amines is 2. The summed E-state index contributed by atoms with van der Waals surface area (Å²) < 4.78 is 0. The second-order valence-corrected chi connectivity index (χ2v) is 4.55. The number of rotatable bonds is 2. The quantitative estimate of drug-likeness (QED) is 0.572. The fraction of sp³-hybridized carbons (Fsp3) is 0.250. The first-order valence-electron chi connectivity index (χ1n) is 5.97. The van der Waals surface area contributed by atoms with Gasteiger partial charge < -0.3 is 11.1 Å². The van der Waals surface area contributed by atoms with Gasteiger partial charge in [0.05, 0.1) is 6.04 Å². The highest BCUT2D eigenvalue weighted by atomic mass is 16.2. The number of nitrogens with one attached hydrogen (secondary N) is 3. The molecule has 2 aromatic rings. The summed E-state index contributed by atoms with van der Waals surface area (Å²) in [4.78, 5) is 24.6. The molecule has 0 bridgehead atoms. The predicted octanol–water partition coefficient (Wildman–Crippen LogP) is 0.140. The van der Waals surface area contributed by atoms with E-state index in [1.807, 2.05) is 18.2 Å². The summed E-state index contributed by atoms with van der Waals surface area (Å²) in [5.41, 5.74) is 7.63. The minimum absolute atomic E-state index is 0.00935. The van der Waals surface area contributed by atoms with Gasteiger partial charge in [-0.3, -0.25) is 9.78 Å². The largest absolute Gasteiger partial charge is 0.399 e. The van der Waals surface area contributed by atoms with E-state index in [1.165, 1.54) is 5.56 Å². The van der Waals surface area contributed by atoms with Crippen molar-refractivity contribution in [1.29, 1.82) is 0 Å². The summed E-state index contributed by atoms with van der Waals surface area (Å²) >= 11 is 0. The monoisotopic (exact) mass is 259 g/mol. The Bertz CT molecular complexity index is 733. The van der Waals surface area contributed by atoms with Crippen molar-refractivity contribution < 1.29 is 0 Å². The van der Waals surface area contributed by atoms with E-state index < -0.39 is 11.2 Å². The number of benzene rings is 1. The van der Waals surface area contributed by atoms with E-state index in [0.717, 1.165) is 24.1 Å². The number of anilines is 2. The standard InChI is InChI=1S/C12H13N5O2/c13-7-2-3-8-6(5-7)1-4-9(8)14-10-11(18)15-12(19)17-16-10/h2-3,5,9H,1,4,13H2,(H,14,16)(H2,15,17,18,19). The van der Waals surface area contributed by atoms with E-state index in [4.69, 9.17) is 5.73 Å². The Morgan fingerprint density at radius 1 is 1.37 bits per heavy atom. The molecule has 1 aromatic heterocycles. The Balaban J connectivity index is 1.91. The van der Waals surface area contributed by atoms with E-state index in [9.17, 15) is 9.59 Å². The summed E-state index contributed by atoms with van der Waals surface area (Å²) in [7, 11) is 0. The molecule has 0 radical (unpaired) electrons. The van der Waals surface area contributed by atoms with Crippen LogP contribution in [0.3, 0.4) is 0 Å². The smallest absolute Gasteiger partial charge is 0.342 e. The van der Waals surface area contributed by atoms with Crippen LogP contribution in [0.1, 0.15) is 23.6 Å². The van der Waals surface area contributed by atoms with Crippen LogP contribution in [0.25, 0.3) is 0 Å². The summed E-state index contributed by atoms with van der Waals surface area (Å²) in [5, 5.41) is 8.97. The number of H-pyrrole nitrogens is 2. The minimum Gasteiger partial charge on any atom is -0.399 e. The van der Waals surface area contributed by atoms with Gasteiger partial charge in [0.1, 0.15) is 0 Å². The molecular weight excluding hydrogens is 246 g/mol. The van der Waals surface area contributed by atoms with Crippen molar-refractivity contribution in [3.8, 4) is 0 Å². The van der Waals surface area contributed by atoms with Gasteiger partial charge in [-0.05, 0) is 36.1 Å². The van der Waals surface area contributed by atoms with Crippen molar-refractivity contribution in [3.63, 3.8) is 0 Å². The average molecular weight is 259 g/mol. The van der Waals surface area contributed by atoms with E-state index in [-0.39, 0.29) is 11.9 Å². The van der Waals surface area contributed by atoms with Crippen LogP contribution in [0.4, 0.5) is 11.5 Å². The molecule has 1 aromatic carbocycles. The first kappa shape index (κ1) is 11.5. The van der Waals surface area contributed by atoms with Crippen molar-refractivity contribution in [2.75, 3.05) is 11.1 Å². The Labute approximate surface area is 107 Å². The highest BCUT2D eigenvalue weighted by Crippen LogP contribution is 2.33. The lowest BCUT2D eigenvalue weighted by molar-refractivity contribution is 0.744. The molecule has 1 aliphatic carbocycles. The molecule has 3 rings (SSSR count). The van der Waals surface area contributed by atoms with E-state index in [0.29, 0.717) is 0 Å². The lowest BCUT2D eigenvalue weighted by Gasteiger charge is -2.13. The molecule has 0 saturated heterocycles. The van der Waals surface area contributed by atoms with Crippen molar-refractivity contribution in [1.82, 2.24) is 15.2 Å². The number of fused-ring (bicyclic) bond motifs is 1. The van der Waals surface area contributed by atoms with Gasteiger partial charge >= 0.3 is 5.69 Å². The molecule has 19 heavy (non-hydrogen) atoms. The summed E-state index contributed by atoms with van der Waals surface area (Å²) in [6, 6.07) is 5.75. The van der Waals surface area contributed by atoms with Crippen LogP contribution < -0.4 is 22.3 Å². The van der Waals surface area contributed by atoms with Gasteiger partial charge in [0.25, 0.3) is 5.56 Å². The number of hydrogen-bond donors (Lipinski definition) is 4. The molecule has 1 heterocycles. The lowest BCUT2D eigenvalue weighted by atomic mass is 10.1. The average Bonchev–Trinajstić information content (AvgIpc) is 2.75. The van der Waals surface area contributed by atoms with Gasteiger partial charge in [-0.25, -0.2) is 9.89 Å². The number of nitrogens with two attached hydrogens (primary N) is 1. The molecule has 0 aliphatic heterocycles. The van der Waals surface area contributed by atoms with Crippen LogP contribution >= 0.6 is 0 Å². The SMILES string of the molecule is Nc1ccc2c(c1)CCC2Nc1n[nH]c(=O)[nH]c1=O. The van der Waals surface area contributed by atoms with Crippen LogP contribution in [0.2, 0.25) is 0 Å². The van der Waals surface area contributed by atoms with Gasteiger partial charge in [0.15, 0.2) is 0 Å². The Morgan fingerprint density at radius 3 is 3.00 bits per heavy atom. The predicted molar refractivity (Wildman–Crippen MR) is 71.0 cm³/mol. The van der Waals surface area contributed by atoms with E-state index in [1.54, 1.807) is 0 Å². The van der Waals surface area contributed by atoms with Crippen LogP contribution in [0.15, 0.2) is 27.8 Å². The zero-order chi connectivity index (χ0) is 13.4. The molecule has 0 spiro atoms. The summed E-state index contributed by atoms with van der Waals surface area (Å²) in [6.45, 7) is 0. The van der Waals surface area contributed by atoms with Gasteiger partial charge in [-0.2, -0.15) is 0 Å². The molecule has 0 fully saturated rings. The number of aryl methyl sites for hydroxylation is 1. The molecule has 5 N–H and O–H groups in total. The summed E-state index contributed by atoms with van der Waals surface area (Å²) in [6.07, 6.45) is 1.76. The van der Waals surface area contributed by atoms with Gasteiger partial charge in [0, 0.05) is 5.69 Å². The van der Waals surface area contributed by atoms with Gasteiger partial charge in [-0.1, -0.05) is 6.07 Å². The molecular formula is C12H13N5O2. The van der Waals surface area contributed by atoms with Crippen LogP contribution in [-0.2, 0) is 6.42 Å². The van der Waals surface area contributed by atoms with E-state index in [2.05, 4.69) is 20.5 Å². The third-order valence-electron chi connectivity index (χ3n) is 3.27. The third-order valence-corrected chi connectivity index (χ3v) is 3.27. The van der Waals surface area contributed by atoms with Crippen LogP contribution in [0, 0.1) is 0 Å². The molecule has 0 saturated carbocycles. The zero-order valence-electron chi connectivity index (χ0n) is 10.1. The maximum absolute atomic E-state index is 11.6. The van der Waals surface area contributed by atoms with Crippen molar-refractivity contribution in [2.45, 2.75) is 18.9 Å². The normalized spacial score (nSPS) is 17.2. The molecule has 1 atom stereocenters. The number of nitrogens with zero attached hydrogens (tertiary/aromatic N) is 1. The molecule has 0 amide bonds. The first-order chi connectivity index (χ1) is 9.13. The van der Waals surface area contributed by atoms with E-state index >= 15 is 0 Å². The zero-order valence-corrected chi connectivity index (χ0v) is 10.1. The Kier molecular flexibility index (Phi) is 2.59. The fourth-order valence-electron chi connectivity index (χ4n) is 2.40. The fourth-order valence-corrected chi connectivity index (χ4v) is 2.40. The minimum atomic E-state index is -0.616. The third kappa shape index (κ3) is 2.10. The van der Waals surface area contributed by atoms with Crippen LogP contribution in [0.5, 0.6) is 0 Å². The maximum Gasteiger partial charge on any atom is 0.342 e. The number of nitrogen functional groups attached to an aromatic ring is 1. The number of hydrogen-bond acceptors (Lipinski definition) is 5. The molecule has 98 valence electrons. The topological polar surface area (TPSA) is 117 Å². The maximum atomic E-state index is 11.6. The first-order valence-corrected chi connectivity index (χ1v) is 5.97. The molecule has 7 heteroatoms. The second-order valence-electron chi connectivity index (χ2n) is 4.55. The highest BCUT2D eigenvalue weighted by Gasteiger charge is 2.23. The Morgan fingerprint density at radius 2 is 2.21 bits per heavy atom. The number of aromatic nitrogens is 3. The van der Waals surface area contributed by atoms with Gasteiger partial charge in [-0.15, -0.1) is 5.10 Å². The lowest BCUT2D eigenvalue weighted by Crippen LogP contribution is -2.27. The Hall–Kier alpha value is -2.57. The van der Waals surface area contributed by atoms with Crippen LogP contribution in [-0.4, -0.2) is 15.2 Å². The highest BCUT2D eigenvalue weighted by molar-refractivity contribution is 5.50. The molecule has 1 aliphatic rings. The summed E-state index contributed by atoms with van der Waals surface area (Å²) in [5.74, 6) is 0.120. The molecule has 1 unspecified atom stereocenters.